The van der Waals surface area contributed by atoms with Gasteiger partial charge in [0.05, 0.1) is 0 Å². The van der Waals surface area contributed by atoms with Gasteiger partial charge in [0.15, 0.2) is 0 Å². The maximum atomic E-state index is 5.77. The Balaban J connectivity index is 0. The molecule has 0 fully saturated rings. The minimum Gasteiger partial charge on any atom is -0.399 e. The summed E-state index contributed by atoms with van der Waals surface area (Å²) in [5.74, 6) is 4.60. The molecule has 0 aliphatic rings. The summed E-state index contributed by atoms with van der Waals surface area (Å²) in [6.07, 6.45) is 1.25. The summed E-state index contributed by atoms with van der Waals surface area (Å²) in [4.78, 5) is 0. The van der Waals surface area contributed by atoms with E-state index >= 15 is 0 Å². The van der Waals surface area contributed by atoms with Gasteiger partial charge in [-0.3, -0.25) is 11.3 Å². The van der Waals surface area contributed by atoms with Crippen LogP contribution in [0.3, 0.4) is 0 Å². The summed E-state index contributed by atoms with van der Waals surface area (Å²) in [5, 5.41) is 0. The predicted molar refractivity (Wildman–Crippen MR) is 105 cm³/mol. The first kappa shape index (κ1) is 23.4. The van der Waals surface area contributed by atoms with Gasteiger partial charge in [-0.15, -0.1) is 0 Å². The van der Waals surface area contributed by atoms with E-state index in [0.29, 0.717) is 0 Å². The van der Waals surface area contributed by atoms with Crippen LogP contribution in [0.2, 0.25) is 0 Å². The summed E-state index contributed by atoms with van der Waals surface area (Å²) >= 11 is 0. The summed E-state index contributed by atoms with van der Waals surface area (Å²) in [7, 11) is 1.65. The number of hydrogen-bond donors (Lipinski definition) is 4. The molecule has 0 aromatic heterocycles. The van der Waals surface area contributed by atoms with Gasteiger partial charge in [-0.05, 0) is 49.3 Å². The Bertz CT molecular complexity index is 479. The lowest BCUT2D eigenvalue weighted by Crippen LogP contribution is -2.13. The van der Waals surface area contributed by atoms with E-state index in [0.717, 1.165) is 17.8 Å². The SMILES string of the molecule is CCC.CCN.CNN.Cc1cc(-c2ccccc2)ccc1N. The number of hydrogen-bond acceptors (Lipinski definition) is 4. The van der Waals surface area contributed by atoms with Crippen molar-refractivity contribution in [1.29, 1.82) is 0 Å². The van der Waals surface area contributed by atoms with Crippen LogP contribution in [0.25, 0.3) is 11.1 Å². The zero-order valence-corrected chi connectivity index (χ0v) is 15.3. The number of nitrogens with two attached hydrogens (primary N) is 3. The Hall–Kier alpha value is -1.88. The fourth-order valence-corrected chi connectivity index (χ4v) is 1.49. The van der Waals surface area contributed by atoms with Gasteiger partial charge in [0.25, 0.3) is 0 Å². The number of anilines is 1. The van der Waals surface area contributed by atoms with Crippen molar-refractivity contribution < 1.29 is 0 Å². The molecule has 0 saturated carbocycles. The van der Waals surface area contributed by atoms with Crippen molar-refractivity contribution >= 4 is 5.69 Å². The molecule has 0 radical (unpaired) electrons. The van der Waals surface area contributed by atoms with Crippen molar-refractivity contribution in [3.63, 3.8) is 0 Å². The van der Waals surface area contributed by atoms with Gasteiger partial charge < -0.3 is 11.5 Å². The molecule has 2 aromatic rings. The molecule has 0 heterocycles. The lowest BCUT2D eigenvalue weighted by Gasteiger charge is -2.04. The van der Waals surface area contributed by atoms with E-state index in [4.69, 9.17) is 11.5 Å². The average molecular weight is 319 g/mol. The number of nitrogen functional groups attached to an aromatic ring is 1. The van der Waals surface area contributed by atoms with Crippen LogP contribution in [0.15, 0.2) is 48.5 Å². The Kier molecular flexibility index (Phi) is 16.8. The molecule has 7 N–H and O–H groups in total. The topological polar surface area (TPSA) is 90.1 Å². The van der Waals surface area contributed by atoms with Crippen LogP contribution in [-0.2, 0) is 0 Å². The molecule has 130 valence electrons. The second-order valence-corrected chi connectivity index (χ2v) is 4.84. The molecule has 0 aliphatic heterocycles. The third-order valence-electron chi connectivity index (χ3n) is 2.38. The molecule has 0 amide bonds. The van der Waals surface area contributed by atoms with Crippen LogP contribution in [0.4, 0.5) is 5.69 Å². The van der Waals surface area contributed by atoms with Crippen molar-refractivity contribution in [3.05, 3.63) is 54.1 Å². The maximum Gasteiger partial charge on any atom is 0.0344 e. The molecular weight excluding hydrogens is 284 g/mol. The summed E-state index contributed by atoms with van der Waals surface area (Å²) < 4.78 is 0. The molecule has 23 heavy (non-hydrogen) atoms. The quantitative estimate of drug-likeness (QED) is 0.366. The molecule has 0 spiro atoms. The normalized spacial score (nSPS) is 8.48. The zero-order chi connectivity index (χ0) is 18.1. The zero-order valence-electron chi connectivity index (χ0n) is 15.3. The van der Waals surface area contributed by atoms with Crippen LogP contribution in [0.5, 0.6) is 0 Å². The van der Waals surface area contributed by atoms with E-state index in [1.54, 1.807) is 7.05 Å². The van der Waals surface area contributed by atoms with E-state index in [9.17, 15) is 0 Å². The first-order valence-electron chi connectivity index (χ1n) is 8.01. The van der Waals surface area contributed by atoms with Crippen molar-refractivity contribution in [3.8, 4) is 11.1 Å². The third kappa shape index (κ3) is 12.4. The van der Waals surface area contributed by atoms with Gasteiger partial charge in [-0.1, -0.05) is 63.6 Å². The summed E-state index contributed by atoms with van der Waals surface area (Å²) in [5.41, 5.74) is 17.3. The van der Waals surface area contributed by atoms with Gasteiger partial charge in [0, 0.05) is 5.69 Å². The molecular formula is C19H34N4. The van der Waals surface area contributed by atoms with Gasteiger partial charge in [-0.2, -0.15) is 0 Å². The molecule has 0 saturated heterocycles. The van der Waals surface area contributed by atoms with Crippen molar-refractivity contribution in [2.24, 2.45) is 11.6 Å². The maximum absolute atomic E-state index is 5.77. The Morgan fingerprint density at radius 1 is 0.913 bits per heavy atom. The van der Waals surface area contributed by atoms with E-state index in [1.807, 2.05) is 38.1 Å². The minimum absolute atomic E-state index is 0.750. The molecule has 0 aliphatic carbocycles. The monoisotopic (exact) mass is 318 g/mol. The average Bonchev–Trinajstić information content (AvgIpc) is 2.53. The second-order valence-electron chi connectivity index (χ2n) is 4.84. The van der Waals surface area contributed by atoms with Crippen LogP contribution in [0, 0.1) is 6.92 Å². The van der Waals surface area contributed by atoms with E-state index in [-0.39, 0.29) is 0 Å². The highest BCUT2D eigenvalue weighted by Crippen LogP contribution is 2.22. The highest BCUT2D eigenvalue weighted by atomic mass is 15.2. The predicted octanol–water partition coefficient (Wildman–Crippen LogP) is 3.71. The van der Waals surface area contributed by atoms with Crippen LogP contribution in [0.1, 0.15) is 32.8 Å². The third-order valence-corrected chi connectivity index (χ3v) is 2.38. The number of hydrazine groups is 1. The number of nitrogens with one attached hydrogen (secondary N) is 1. The second kappa shape index (κ2) is 16.5. The standard InChI is InChI=1S/C13H13N.C3H8.C2H7N.CH6N2/c1-10-9-12(7-8-13(10)14)11-5-3-2-4-6-11;1-3-2;1-2-3;1-3-2/h2-9H,14H2,1H3;3H2,1-2H3;2-3H2,1H3;3H,2H2,1H3. The smallest absolute Gasteiger partial charge is 0.0344 e. The number of rotatable bonds is 1. The molecule has 4 heteroatoms. The Labute approximate surface area is 142 Å². The van der Waals surface area contributed by atoms with Crippen molar-refractivity contribution in [1.82, 2.24) is 5.43 Å². The largest absolute Gasteiger partial charge is 0.399 e. The molecule has 2 aromatic carbocycles. The Morgan fingerprint density at radius 2 is 1.35 bits per heavy atom. The molecule has 0 bridgehead atoms. The van der Waals surface area contributed by atoms with Gasteiger partial charge in [-0.25, -0.2) is 0 Å². The molecule has 0 atom stereocenters. The highest BCUT2D eigenvalue weighted by molar-refractivity contribution is 5.67. The first-order chi connectivity index (χ1) is 11.0. The fourth-order valence-electron chi connectivity index (χ4n) is 1.49. The Morgan fingerprint density at radius 3 is 1.74 bits per heavy atom. The van der Waals surface area contributed by atoms with Gasteiger partial charge >= 0.3 is 0 Å². The molecule has 0 unspecified atom stereocenters. The first-order valence-corrected chi connectivity index (χ1v) is 8.01. The van der Waals surface area contributed by atoms with Crippen molar-refractivity contribution in [2.45, 2.75) is 34.1 Å². The summed E-state index contributed by atoms with van der Waals surface area (Å²) in [6, 6.07) is 16.4. The van der Waals surface area contributed by atoms with Gasteiger partial charge in [0.1, 0.15) is 0 Å². The molecule has 4 nitrogen and oxygen atoms in total. The summed E-state index contributed by atoms with van der Waals surface area (Å²) in [6.45, 7) is 8.93. The van der Waals surface area contributed by atoms with E-state index in [2.05, 4.69) is 49.4 Å². The van der Waals surface area contributed by atoms with Crippen LogP contribution < -0.4 is 22.7 Å². The van der Waals surface area contributed by atoms with E-state index < -0.39 is 0 Å². The minimum atomic E-state index is 0.750. The van der Waals surface area contributed by atoms with Crippen LogP contribution >= 0.6 is 0 Å². The number of aryl methyl sites for hydroxylation is 1. The highest BCUT2D eigenvalue weighted by Gasteiger charge is 1.98. The fraction of sp³-hybridized carbons (Fsp3) is 0.368. The van der Waals surface area contributed by atoms with Crippen molar-refractivity contribution in [2.75, 3.05) is 19.3 Å². The van der Waals surface area contributed by atoms with Gasteiger partial charge in [0.2, 0.25) is 0 Å². The van der Waals surface area contributed by atoms with E-state index in [1.165, 1.54) is 17.5 Å². The van der Waals surface area contributed by atoms with Crippen LogP contribution in [-0.4, -0.2) is 13.6 Å². The lowest BCUT2D eigenvalue weighted by atomic mass is 10.0. The lowest BCUT2D eigenvalue weighted by molar-refractivity contribution is 0.900. The number of benzene rings is 2. The molecule has 2 rings (SSSR count).